The number of thiazole rings is 1. The number of ether oxygens (including phenoxy) is 2. The molecule has 0 bridgehead atoms. The van der Waals surface area contributed by atoms with Gasteiger partial charge < -0.3 is 25.4 Å². The third-order valence-electron chi connectivity index (χ3n) is 7.11. The highest BCUT2D eigenvalue weighted by Gasteiger charge is 2.55. The molecule has 1 fully saturated rings. The fourth-order valence-corrected chi connectivity index (χ4v) is 6.68. The summed E-state index contributed by atoms with van der Waals surface area (Å²) in [7, 11) is 1.28. The minimum atomic E-state index is -0.990. The molecule has 1 aromatic heterocycles. The summed E-state index contributed by atoms with van der Waals surface area (Å²) < 4.78 is 11.7. The van der Waals surface area contributed by atoms with Crippen molar-refractivity contribution in [1.82, 2.24) is 15.2 Å². The molecule has 12 nitrogen and oxygen atoms in total. The highest BCUT2D eigenvalue weighted by Crippen LogP contribution is 2.42. The van der Waals surface area contributed by atoms with Gasteiger partial charge in [-0.1, -0.05) is 65.8 Å². The third kappa shape index (κ3) is 6.92. The Morgan fingerprint density at radius 3 is 2.26 bits per heavy atom. The van der Waals surface area contributed by atoms with Crippen molar-refractivity contribution in [3.63, 3.8) is 0 Å². The Morgan fingerprint density at radius 1 is 1.09 bits per heavy atom. The maximum absolute atomic E-state index is 14.1. The van der Waals surface area contributed by atoms with Gasteiger partial charge in [0.05, 0.1) is 5.41 Å². The van der Waals surface area contributed by atoms with Gasteiger partial charge in [0.2, 0.25) is 0 Å². The number of hydrogen-bond acceptors (Lipinski definition) is 12. The third-order valence-corrected chi connectivity index (χ3v) is 9.12. The van der Waals surface area contributed by atoms with E-state index < -0.39 is 46.7 Å². The minimum Gasteiger partial charge on any atom is -0.461 e. The van der Waals surface area contributed by atoms with Crippen LogP contribution in [0, 0.1) is 5.41 Å². The summed E-state index contributed by atoms with van der Waals surface area (Å²) in [6, 6.07) is 17.5. The molecule has 2 aliphatic rings. The number of thioether (sulfide) groups is 1. The number of benzene rings is 2. The molecule has 1 unspecified atom stereocenters. The molecule has 46 heavy (non-hydrogen) atoms. The predicted molar refractivity (Wildman–Crippen MR) is 173 cm³/mol. The maximum atomic E-state index is 14.1. The van der Waals surface area contributed by atoms with Crippen LogP contribution in [0.5, 0.6) is 0 Å². The van der Waals surface area contributed by atoms with Crippen molar-refractivity contribution in [2.75, 3.05) is 25.2 Å². The lowest BCUT2D eigenvalue weighted by Gasteiger charge is -2.49. The zero-order chi connectivity index (χ0) is 33.0. The molecular weight excluding hydrogens is 631 g/mol. The van der Waals surface area contributed by atoms with Gasteiger partial charge in [0.25, 0.3) is 11.8 Å². The lowest BCUT2D eigenvalue weighted by Crippen LogP contribution is -2.71. The first kappa shape index (κ1) is 32.7. The van der Waals surface area contributed by atoms with Gasteiger partial charge in [-0.25, -0.2) is 9.78 Å². The number of carbonyl (C=O) groups excluding carboxylic acids is 4. The standard InChI is InChI=1S/C32H33N5O7S2/c1-32(2,3)30(41)43-15-20-16-45-28-23(35-26(38)22(36-42-4)21-17-46-31(33)34-21)27(39)37(28)24(20)29(40)44-25(18-11-7-5-8-12-18)19-13-9-6-10-14-19/h5-14,17,23,25,28H,15-16H2,1-4H3,(H2,33,34)(H,35,38)/b36-22+/t23?,28-/m1/s1. The molecule has 2 aliphatic heterocycles. The van der Waals surface area contributed by atoms with Crippen molar-refractivity contribution in [3.05, 3.63) is 94.1 Å². The van der Waals surface area contributed by atoms with Gasteiger partial charge in [0.15, 0.2) is 16.9 Å². The molecule has 2 atom stereocenters. The zero-order valence-corrected chi connectivity index (χ0v) is 27.2. The van der Waals surface area contributed by atoms with E-state index in [0.29, 0.717) is 5.57 Å². The molecule has 2 amide bonds. The number of nitrogens with zero attached hydrogens (tertiary/aromatic N) is 3. The van der Waals surface area contributed by atoms with Crippen LogP contribution in [0.25, 0.3) is 0 Å². The number of esters is 2. The first-order chi connectivity index (χ1) is 22.0. The molecule has 3 N–H and O–H groups in total. The lowest BCUT2D eigenvalue weighted by molar-refractivity contribution is -0.155. The zero-order valence-electron chi connectivity index (χ0n) is 25.6. The summed E-state index contributed by atoms with van der Waals surface area (Å²) in [5.74, 6) is -2.22. The Kier molecular flexibility index (Phi) is 9.77. The second-order valence-electron chi connectivity index (χ2n) is 11.4. The number of amides is 2. The van der Waals surface area contributed by atoms with Crippen molar-refractivity contribution in [3.8, 4) is 0 Å². The number of nitrogens with two attached hydrogens (primary N) is 1. The second-order valence-corrected chi connectivity index (χ2v) is 13.4. The molecule has 3 aromatic rings. The highest BCUT2D eigenvalue weighted by molar-refractivity contribution is 8.00. The molecule has 5 rings (SSSR count). The van der Waals surface area contributed by atoms with Gasteiger partial charge >= 0.3 is 11.9 Å². The van der Waals surface area contributed by atoms with E-state index >= 15 is 0 Å². The van der Waals surface area contributed by atoms with E-state index in [1.54, 1.807) is 26.2 Å². The van der Waals surface area contributed by atoms with E-state index in [9.17, 15) is 19.2 Å². The molecule has 0 saturated carbocycles. The summed E-state index contributed by atoms with van der Waals surface area (Å²) in [6.45, 7) is 4.96. The van der Waals surface area contributed by atoms with Crippen LogP contribution in [-0.4, -0.2) is 70.2 Å². The lowest BCUT2D eigenvalue weighted by atomic mass is 9.97. The van der Waals surface area contributed by atoms with Crippen molar-refractivity contribution in [2.45, 2.75) is 38.3 Å². The molecule has 1 saturated heterocycles. The van der Waals surface area contributed by atoms with Crippen LogP contribution >= 0.6 is 23.1 Å². The second kappa shape index (κ2) is 13.7. The average Bonchev–Trinajstić information content (AvgIpc) is 3.48. The molecule has 14 heteroatoms. The monoisotopic (exact) mass is 663 g/mol. The molecule has 0 spiro atoms. The maximum Gasteiger partial charge on any atom is 0.356 e. The van der Waals surface area contributed by atoms with Crippen molar-refractivity contribution < 1.29 is 33.5 Å². The number of rotatable bonds is 10. The van der Waals surface area contributed by atoms with Crippen molar-refractivity contribution >= 4 is 57.7 Å². The van der Waals surface area contributed by atoms with E-state index in [4.69, 9.17) is 20.0 Å². The fourth-order valence-electron chi connectivity index (χ4n) is 4.80. The number of nitrogen functional groups attached to an aromatic ring is 1. The number of aromatic nitrogens is 1. The van der Waals surface area contributed by atoms with Crippen LogP contribution in [0.1, 0.15) is 43.7 Å². The number of nitrogens with one attached hydrogen (secondary N) is 1. The topological polar surface area (TPSA) is 163 Å². The molecule has 240 valence electrons. The summed E-state index contributed by atoms with van der Waals surface area (Å²) >= 11 is 2.44. The Balaban J connectivity index is 1.44. The summed E-state index contributed by atoms with van der Waals surface area (Å²) in [5.41, 5.74) is 6.87. The van der Waals surface area contributed by atoms with Crippen molar-refractivity contribution in [2.24, 2.45) is 10.6 Å². The first-order valence-electron chi connectivity index (χ1n) is 14.3. The Labute approximate surface area is 274 Å². The number of fused-ring (bicyclic) bond motifs is 1. The molecular formula is C32H33N5O7S2. The number of hydrogen-bond donors (Lipinski definition) is 2. The van der Waals surface area contributed by atoms with Crippen LogP contribution < -0.4 is 11.1 Å². The van der Waals surface area contributed by atoms with E-state index in [2.05, 4.69) is 15.5 Å². The van der Waals surface area contributed by atoms with Gasteiger partial charge in [-0.3, -0.25) is 19.3 Å². The van der Waals surface area contributed by atoms with Crippen LogP contribution in [0.2, 0.25) is 0 Å². The minimum absolute atomic E-state index is 0.0177. The van der Waals surface area contributed by atoms with Gasteiger partial charge in [-0.15, -0.1) is 23.1 Å². The SMILES string of the molecule is CO/N=C(/C(=O)NC1C(=O)N2C(C(=O)OC(c3ccccc3)c3ccccc3)=C(COC(=O)C(C)(C)C)CS[C@H]12)c1csc(N)n1. The average molecular weight is 664 g/mol. The van der Waals surface area contributed by atoms with Crippen molar-refractivity contribution in [1.29, 1.82) is 0 Å². The Morgan fingerprint density at radius 2 is 1.72 bits per heavy atom. The largest absolute Gasteiger partial charge is 0.461 e. The van der Waals surface area contributed by atoms with Gasteiger partial charge in [0, 0.05) is 16.7 Å². The van der Waals surface area contributed by atoms with Crippen LogP contribution in [0.3, 0.4) is 0 Å². The van der Waals surface area contributed by atoms with E-state index in [-0.39, 0.29) is 34.6 Å². The molecule has 0 radical (unpaired) electrons. The first-order valence-corrected chi connectivity index (χ1v) is 16.2. The Bertz CT molecular complexity index is 1650. The molecule has 0 aliphatic carbocycles. The normalized spacial score (nSPS) is 18.1. The quantitative estimate of drug-likeness (QED) is 0.142. The molecule has 3 heterocycles. The van der Waals surface area contributed by atoms with Gasteiger partial charge in [0.1, 0.15) is 36.5 Å². The van der Waals surface area contributed by atoms with Crippen LogP contribution in [-0.2, 0) is 33.5 Å². The predicted octanol–water partition coefficient (Wildman–Crippen LogP) is 3.65. The number of oxime groups is 1. The smallest absolute Gasteiger partial charge is 0.356 e. The summed E-state index contributed by atoms with van der Waals surface area (Å²) in [6.07, 6.45) is -0.779. The fraction of sp³-hybridized carbons (Fsp3) is 0.312. The van der Waals surface area contributed by atoms with E-state index in [1.165, 1.54) is 23.8 Å². The molecule has 2 aromatic carbocycles. The summed E-state index contributed by atoms with van der Waals surface area (Å²) in [4.78, 5) is 63.9. The summed E-state index contributed by atoms with van der Waals surface area (Å²) in [5, 5.41) is 7.62. The number of carbonyl (C=O) groups is 4. The van der Waals surface area contributed by atoms with Crippen LogP contribution in [0.4, 0.5) is 5.13 Å². The highest BCUT2D eigenvalue weighted by atomic mass is 32.2. The van der Waals surface area contributed by atoms with Gasteiger partial charge in [-0.05, 0) is 31.9 Å². The number of β-lactam (4-membered cyclic amide) rings is 1. The number of anilines is 1. The van der Waals surface area contributed by atoms with Crippen LogP contribution in [0.15, 0.2) is 82.5 Å². The van der Waals surface area contributed by atoms with E-state index in [0.717, 1.165) is 22.5 Å². The van der Waals surface area contributed by atoms with E-state index in [1.807, 2.05) is 60.7 Å². The van der Waals surface area contributed by atoms with Gasteiger partial charge in [-0.2, -0.15) is 0 Å². The Hall–Kier alpha value is -4.69.